The molecule has 0 bridgehead atoms. The molecule has 0 fully saturated rings. The minimum atomic E-state index is -0.246. The lowest BCUT2D eigenvalue weighted by Gasteiger charge is -2.06. The highest BCUT2D eigenvalue weighted by molar-refractivity contribution is 5.70. The van der Waals surface area contributed by atoms with Crippen molar-refractivity contribution in [3.63, 3.8) is 0 Å². The summed E-state index contributed by atoms with van der Waals surface area (Å²) < 4.78 is 6.23. The lowest BCUT2D eigenvalue weighted by Crippen LogP contribution is -2.12. The summed E-state index contributed by atoms with van der Waals surface area (Å²) in [6.07, 6.45) is 1.10. The quantitative estimate of drug-likeness (QED) is 0.716. The number of carbonyl (C=O) groups is 1. The molecule has 0 aliphatic carbocycles. The van der Waals surface area contributed by atoms with E-state index < -0.39 is 0 Å². The zero-order valence-corrected chi connectivity index (χ0v) is 9.91. The van der Waals surface area contributed by atoms with Gasteiger partial charge in [-0.1, -0.05) is 6.92 Å². The number of ether oxygens (including phenoxy) is 1. The number of carbonyl (C=O) groups excluding carboxylic acids is 1. The second-order valence-electron chi connectivity index (χ2n) is 3.44. The van der Waals surface area contributed by atoms with Gasteiger partial charge in [0.25, 0.3) is 0 Å². The molecule has 0 aliphatic heterocycles. The van der Waals surface area contributed by atoms with E-state index in [4.69, 9.17) is 5.73 Å². The maximum absolute atomic E-state index is 10.9. The molecule has 1 heterocycles. The Kier molecular flexibility index (Phi) is 4.16. The van der Waals surface area contributed by atoms with Gasteiger partial charge in [0.2, 0.25) is 0 Å². The van der Waals surface area contributed by atoms with E-state index in [1.807, 2.05) is 14.0 Å². The summed E-state index contributed by atoms with van der Waals surface area (Å²) in [6, 6.07) is 0. The van der Waals surface area contributed by atoms with Crippen LogP contribution >= 0.6 is 0 Å². The van der Waals surface area contributed by atoms with E-state index >= 15 is 0 Å². The summed E-state index contributed by atoms with van der Waals surface area (Å²) in [6.45, 7) is 2.48. The number of aromatic nitrogens is 2. The van der Waals surface area contributed by atoms with Gasteiger partial charge in [-0.3, -0.25) is 9.48 Å². The molecule has 0 saturated carbocycles. The van der Waals surface area contributed by atoms with Crippen molar-refractivity contribution in [2.45, 2.75) is 19.8 Å². The number of nitrogen functional groups attached to an aromatic ring is 1. The molecule has 1 aromatic rings. The van der Waals surface area contributed by atoms with Crippen molar-refractivity contribution in [3.8, 4) is 0 Å². The molecular formula is C10H18N4O2. The SMILES string of the molecule is CCc1nn(C)c(NCCC(=O)OC)c1N. The molecule has 3 N–H and O–H groups in total. The standard InChI is InChI=1S/C10H18N4O2/c1-4-7-9(11)10(14(2)13-7)12-6-5-8(15)16-3/h12H,4-6,11H2,1-3H3. The van der Waals surface area contributed by atoms with Crippen LogP contribution in [0.25, 0.3) is 0 Å². The monoisotopic (exact) mass is 226 g/mol. The van der Waals surface area contributed by atoms with Gasteiger partial charge in [-0.25, -0.2) is 0 Å². The molecule has 6 heteroatoms. The topological polar surface area (TPSA) is 82.2 Å². The Labute approximate surface area is 94.8 Å². The summed E-state index contributed by atoms with van der Waals surface area (Å²) >= 11 is 0. The van der Waals surface area contributed by atoms with Gasteiger partial charge in [0.1, 0.15) is 5.82 Å². The van der Waals surface area contributed by atoms with Crippen LogP contribution in [0.15, 0.2) is 0 Å². The Hall–Kier alpha value is -1.72. The maximum atomic E-state index is 10.9. The van der Waals surface area contributed by atoms with Gasteiger partial charge in [-0.15, -0.1) is 0 Å². The Balaban J connectivity index is 2.60. The number of anilines is 2. The van der Waals surface area contributed by atoms with Crippen LogP contribution in [0.4, 0.5) is 11.5 Å². The van der Waals surface area contributed by atoms with E-state index in [0.29, 0.717) is 18.7 Å². The first-order chi connectivity index (χ1) is 7.60. The van der Waals surface area contributed by atoms with E-state index in [-0.39, 0.29) is 5.97 Å². The van der Waals surface area contributed by atoms with Gasteiger partial charge in [0.15, 0.2) is 0 Å². The van der Waals surface area contributed by atoms with E-state index in [9.17, 15) is 4.79 Å². The summed E-state index contributed by atoms with van der Waals surface area (Å²) in [5.74, 6) is 0.504. The molecule has 0 spiro atoms. The summed E-state index contributed by atoms with van der Waals surface area (Å²) in [4.78, 5) is 10.9. The number of methoxy groups -OCH3 is 1. The summed E-state index contributed by atoms with van der Waals surface area (Å²) in [7, 11) is 3.19. The fraction of sp³-hybridized carbons (Fsp3) is 0.600. The molecule has 16 heavy (non-hydrogen) atoms. The number of hydrogen-bond donors (Lipinski definition) is 2. The molecule has 1 rings (SSSR count). The van der Waals surface area contributed by atoms with Gasteiger partial charge in [0, 0.05) is 13.6 Å². The highest BCUT2D eigenvalue weighted by Gasteiger charge is 2.11. The third-order valence-electron chi connectivity index (χ3n) is 2.34. The van der Waals surface area contributed by atoms with Crippen molar-refractivity contribution >= 4 is 17.5 Å². The van der Waals surface area contributed by atoms with Gasteiger partial charge < -0.3 is 15.8 Å². The van der Waals surface area contributed by atoms with Gasteiger partial charge >= 0.3 is 5.97 Å². The van der Waals surface area contributed by atoms with E-state index in [0.717, 1.165) is 17.9 Å². The first kappa shape index (κ1) is 12.4. The summed E-state index contributed by atoms with van der Waals surface area (Å²) in [5, 5.41) is 7.34. The molecule has 0 radical (unpaired) electrons. The van der Waals surface area contributed by atoms with Crippen LogP contribution < -0.4 is 11.1 Å². The Bertz CT molecular complexity index is 373. The smallest absolute Gasteiger partial charge is 0.307 e. The predicted octanol–water partition coefficient (Wildman–Crippen LogP) is 0.540. The Morgan fingerprint density at radius 3 is 2.81 bits per heavy atom. The van der Waals surface area contributed by atoms with Crippen LogP contribution in [0.5, 0.6) is 0 Å². The molecule has 0 amide bonds. The molecule has 1 aromatic heterocycles. The number of rotatable bonds is 5. The van der Waals surface area contributed by atoms with E-state index in [2.05, 4.69) is 15.2 Å². The average Bonchev–Trinajstić information content (AvgIpc) is 2.55. The molecule has 0 aliphatic rings. The second-order valence-corrected chi connectivity index (χ2v) is 3.44. The number of nitrogens with zero attached hydrogens (tertiary/aromatic N) is 2. The third-order valence-corrected chi connectivity index (χ3v) is 2.34. The van der Waals surface area contributed by atoms with Crippen molar-refractivity contribution in [3.05, 3.63) is 5.69 Å². The van der Waals surface area contributed by atoms with Crippen molar-refractivity contribution in [1.29, 1.82) is 0 Å². The number of esters is 1. The number of nitrogens with two attached hydrogens (primary N) is 1. The van der Waals surface area contributed by atoms with Gasteiger partial charge in [-0.2, -0.15) is 5.10 Å². The minimum absolute atomic E-state index is 0.246. The van der Waals surface area contributed by atoms with Crippen molar-refractivity contribution in [2.24, 2.45) is 7.05 Å². The van der Waals surface area contributed by atoms with Crippen LogP contribution in [-0.2, 0) is 23.0 Å². The second kappa shape index (κ2) is 5.39. The zero-order chi connectivity index (χ0) is 12.1. The molecule has 0 atom stereocenters. The van der Waals surface area contributed by atoms with Crippen LogP contribution in [0, 0.1) is 0 Å². The highest BCUT2D eigenvalue weighted by atomic mass is 16.5. The van der Waals surface area contributed by atoms with Crippen molar-refractivity contribution < 1.29 is 9.53 Å². The molecule has 90 valence electrons. The Morgan fingerprint density at radius 1 is 1.62 bits per heavy atom. The number of nitrogens with one attached hydrogen (secondary N) is 1. The maximum Gasteiger partial charge on any atom is 0.307 e. The zero-order valence-electron chi connectivity index (χ0n) is 9.91. The molecular weight excluding hydrogens is 208 g/mol. The normalized spacial score (nSPS) is 10.2. The van der Waals surface area contributed by atoms with Crippen LogP contribution in [0.1, 0.15) is 19.0 Å². The first-order valence-corrected chi connectivity index (χ1v) is 5.22. The fourth-order valence-corrected chi connectivity index (χ4v) is 1.45. The number of aryl methyl sites for hydroxylation is 2. The van der Waals surface area contributed by atoms with Crippen molar-refractivity contribution in [2.75, 3.05) is 24.7 Å². The molecule has 0 saturated heterocycles. The molecule has 0 unspecified atom stereocenters. The summed E-state index contributed by atoms with van der Waals surface area (Å²) in [5.41, 5.74) is 7.41. The largest absolute Gasteiger partial charge is 0.469 e. The van der Waals surface area contributed by atoms with Gasteiger partial charge in [-0.05, 0) is 6.42 Å². The number of hydrogen-bond acceptors (Lipinski definition) is 5. The first-order valence-electron chi connectivity index (χ1n) is 5.22. The van der Waals surface area contributed by atoms with Crippen LogP contribution in [-0.4, -0.2) is 29.4 Å². The fourth-order valence-electron chi connectivity index (χ4n) is 1.45. The van der Waals surface area contributed by atoms with E-state index in [1.165, 1.54) is 7.11 Å². The molecule has 0 aromatic carbocycles. The highest BCUT2D eigenvalue weighted by Crippen LogP contribution is 2.21. The van der Waals surface area contributed by atoms with Gasteiger partial charge in [0.05, 0.1) is 24.9 Å². The molecule has 6 nitrogen and oxygen atoms in total. The average molecular weight is 226 g/mol. The minimum Gasteiger partial charge on any atom is -0.469 e. The van der Waals surface area contributed by atoms with Crippen LogP contribution in [0.2, 0.25) is 0 Å². The Morgan fingerprint density at radius 2 is 2.31 bits per heavy atom. The van der Waals surface area contributed by atoms with E-state index in [1.54, 1.807) is 4.68 Å². The van der Waals surface area contributed by atoms with Crippen LogP contribution in [0.3, 0.4) is 0 Å². The third kappa shape index (κ3) is 2.65. The lowest BCUT2D eigenvalue weighted by molar-refractivity contribution is -0.140. The van der Waals surface area contributed by atoms with Crippen molar-refractivity contribution in [1.82, 2.24) is 9.78 Å². The predicted molar refractivity (Wildman–Crippen MR) is 62.1 cm³/mol. The lowest BCUT2D eigenvalue weighted by atomic mass is 10.3.